The van der Waals surface area contributed by atoms with Crippen LogP contribution in [-0.2, 0) is 16.1 Å². The topological polar surface area (TPSA) is 41.6 Å². The highest BCUT2D eigenvalue weighted by atomic mass is 16.5. The summed E-state index contributed by atoms with van der Waals surface area (Å²) in [5, 5.41) is 3.27. The molecule has 1 saturated heterocycles. The molecule has 2 aliphatic rings. The zero-order valence-corrected chi connectivity index (χ0v) is 12.7. The zero-order chi connectivity index (χ0) is 14.7. The largest absolute Gasteiger partial charge is 0.363 e. The lowest BCUT2D eigenvalue weighted by molar-refractivity contribution is -0.160. The van der Waals surface area contributed by atoms with Crippen LogP contribution in [0.15, 0.2) is 30.3 Å². The van der Waals surface area contributed by atoms with Crippen molar-refractivity contribution < 1.29 is 9.53 Å². The van der Waals surface area contributed by atoms with Crippen LogP contribution >= 0.6 is 0 Å². The van der Waals surface area contributed by atoms with Gasteiger partial charge in [0, 0.05) is 26.2 Å². The van der Waals surface area contributed by atoms with Crippen molar-refractivity contribution in [2.75, 3.05) is 26.2 Å². The van der Waals surface area contributed by atoms with Crippen molar-refractivity contribution in [3.63, 3.8) is 0 Å². The van der Waals surface area contributed by atoms with E-state index in [4.69, 9.17) is 4.74 Å². The van der Waals surface area contributed by atoms with E-state index < -0.39 is 5.60 Å². The van der Waals surface area contributed by atoms with Crippen LogP contribution in [-0.4, -0.2) is 42.6 Å². The summed E-state index contributed by atoms with van der Waals surface area (Å²) in [6.07, 6.45) is 2.49. The molecule has 1 saturated carbocycles. The van der Waals surface area contributed by atoms with Crippen LogP contribution in [0.1, 0.15) is 25.3 Å². The summed E-state index contributed by atoms with van der Waals surface area (Å²) in [7, 11) is 0. The lowest BCUT2D eigenvalue weighted by Crippen LogP contribution is -2.58. The molecule has 2 fully saturated rings. The van der Waals surface area contributed by atoms with E-state index in [0.29, 0.717) is 25.6 Å². The number of hydrogen-bond donors (Lipinski definition) is 1. The van der Waals surface area contributed by atoms with Crippen LogP contribution in [0.25, 0.3) is 0 Å². The van der Waals surface area contributed by atoms with Crippen molar-refractivity contribution >= 4 is 5.91 Å². The highest BCUT2D eigenvalue weighted by Gasteiger charge is 2.40. The number of nitrogens with one attached hydrogen (secondary N) is 1. The van der Waals surface area contributed by atoms with Crippen molar-refractivity contribution in [1.29, 1.82) is 0 Å². The summed E-state index contributed by atoms with van der Waals surface area (Å²) >= 11 is 0. The third kappa shape index (κ3) is 3.63. The molecule has 114 valence electrons. The summed E-state index contributed by atoms with van der Waals surface area (Å²) < 4.78 is 5.79. The number of carbonyl (C=O) groups is 1. The SMILES string of the molecule is C[C@@]1(C(=O)N(Cc2ccccc2)CC2CC2)CNCCO1. The average molecular weight is 288 g/mol. The molecular weight excluding hydrogens is 264 g/mol. The minimum atomic E-state index is -0.720. The second-order valence-electron chi connectivity index (χ2n) is 6.37. The maximum absolute atomic E-state index is 12.9. The molecule has 1 aromatic rings. The van der Waals surface area contributed by atoms with Crippen molar-refractivity contribution in [2.24, 2.45) is 5.92 Å². The number of morpholine rings is 1. The second-order valence-corrected chi connectivity index (χ2v) is 6.37. The Morgan fingerprint density at radius 3 is 2.76 bits per heavy atom. The van der Waals surface area contributed by atoms with Crippen LogP contribution in [0, 0.1) is 5.92 Å². The van der Waals surface area contributed by atoms with E-state index in [-0.39, 0.29) is 5.91 Å². The number of nitrogens with zero attached hydrogens (tertiary/aromatic N) is 1. The Morgan fingerprint density at radius 2 is 2.14 bits per heavy atom. The van der Waals surface area contributed by atoms with E-state index in [1.165, 1.54) is 18.4 Å². The first-order chi connectivity index (χ1) is 10.2. The van der Waals surface area contributed by atoms with E-state index in [1.807, 2.05) is 30.0 Å². The quantitative estimate of drug-likeness (QED) is 0.898. The maximum atomic E-state index is 12.9. The number of ether oxygens (including phenoxy) is 1. The minimum absolute atomic E-state index is 0.116. The van der Waals surface area contributed by atoms with Gasteiger partial charge in [0.05, 0.1) is 6.61 Å². The second kappa shape index (κ2) is 6.16. The highest BCUT2D eigenvalue weighted by Crippen LogP contribution is 2.31. The van der Waals surface area contributed by atoms with E-state index in [0.717, 1.165) is 13.1 Å². The predicted molar refractivity (Wildman–Crippen MR) is 81.8 cm³/mol. The molecule has 0 bridgehead atoms. The predicted octanol–water partition coefficient (Wildman–Crippen LogP) is 1.80. The summed E-state index contributed by atoms with van der Waals surface area (Å²) in [5.74, 6) is 0.795. The molecule has 1 atom stereocenters. The summed E-state index contributed by atoms with van der Waals surface area (Å²) in [4.78, 5) is 14.9. The average Bonchev–Trinajstić information content (AvgIpc) is 3.32. The molecule has 3 rings (SSSR count). The van der Waals surface area contributed by atoms with Gasteiger partial charge in [-0.1, -0.05) is 30.3 Å². The van der Waals surface area contributed by atoms with Crippen LogP contribution < -0.4 is 5.32 Å². The lowest BCUT2D eigenvalue weighted by atomic mass is 10.0. The molecule has 21 heavy (non-hydrogen) atoms. The molecule has 1 aliphatic heterocycles. The molecule has 1 aliphatic carbocycles. The van der Waals surface area contributed by atoms with Crippen molar-refractivity contribution in [3.8, 4) is 0 Å². The Balaban J connectivity index is 1.72. The van der Waals surface area contributed by atoms with Crippen LogP contribution in [0.4, 0.5) is 0 Å². The number of benzene rings is 1. The van der Waals surface area contributed by atoms with Gasteiger partial charge < -0.3 is 15.0 Å². The maximum Gasteiger partial charge on any atom is 0.256 e. The Bertz CT molecular complexity index is 479. The Hall–Kier alpha value is -1.39. The molecule has 0 aromatic heterocycles. The molecule has 0 radical (unpaired) electrons. The first-order valence-corrected chi connectivity index (χ1v) is 7.85. The van der Waals surface area contributed by atoms with Crippen molar-refractivity contribution in [3.05, 3.63) is 35.9 Å². The van der Waals surface area contributed by atoms with E-state index in [9.17, 15) is 4.79 Å². The lowest BCUT2D eigenvalue weighted by Gasteiger charge is -2.37. The Kier molecular flexibility index (Phi) is 4.27. The van der Waals surface area contributed by atoms with Gasteiger partial charge in [0.15, 0.2) is 5.60 Å². The molecule has 1 heterocycles. The third-order valence-electron chi connectivity index (χ3n) is 4.29. The molecule has 1 N–H and O–H groups in total. The first kappa shape index (κ1) is 14.5. The van der Waals surface area contributed by atoms with Crippen molar-refractivity contribution in [1.82, 2.24) is 10.2 Å². The monoisotopic (exact) mass is 288 g/mol. The fourth-order valence-corrected chi connectivity index (χ4v) is 2.83. The Labute approximate surface area is 126 Å². The van der Waals surface area contributed by atoms with Gasteiger partial charge in [0.25, 0.3) is 5.91 Å². The summed E-state index contributed by atoms with van der Waals surface area (Å²) in [6, 6.07) is 10.2. The zero-order valence-electron chi connectivity index (χ0n) is 12.7. The summed E-state index contributed by atoms with van der Waals surface area (Å²) in [6.45, 7) is 5.46. The molecule has 0 spiro atoms. The van der Waals surface area contributed by atoms with Crippen LogP contribution in [0.3, 0.4) is 0 Å². The smallest absolute Gasteiger partial charge is 0.256 e. The van der Waals surface area contributed by atoms with Gasteiger partial charge in [-0.2, -0.15) is 0 Å². The number of hydrogen-bond acceptors (Lipinski definition) is 3. The number of amides is 1. The van der Waals surface area contributed by atoms with Gasteiger partial charge in [-0.05, 0) is 31.2 Å². The van der Waals surface area contributed by atoms with Crippen LogP contribution in [0.2, 0.25) is 0 Å². The van der Waals surface area contributed by atoms with Gasteiger partial charge in [-0.15, -0.1) is 0 Å². The van der Waals surface area contributed by atoms with E-state index >= 15 is 0 Å². The normalized spacial score (nSPS) is 25.6. The Morgan fingerprint density at radius 1 is 1.38 bits per heavy atom. The molecular formula is C17H24N2O2. The molecule has 1 amide bonds. The standard InChI is InChI=1S/C17H24N2O2/c1-17(13-18-9-10-21-17)16(20)19(12-15-7-8-15)11-14-5-3-2-4-6-14/h2-6,15,18H,7-13H2,1H3/t17-/m0/s1. The van der Waals surface area contributed by atoms with Gasteiger partial charge in [-0.25, -0.2) is 0 Å². The van der Waals surface area contributed by atoms with Gasteiger partial charge in [0.2, 0.25) is 0 Å². The molecule has 4 heteroatoms. The summed E-state index contributed by atoms with van der Waals surface area (Å²) in [5.41, 5.74) is 0.459. The fraction of sp³-hybridized carbons (Fsp3) is 0.588. The highest BCUT2D eigenvalue weighted by molar-refractivity contribution is 5.85. The van der Waals surface area contributed by atoms with E-state index in [2.05, 4.69) is 17.4 Å². The number of carbonyl (C=O) groups excluding carboxylic acids is 1. The minimum Gasteiger partial charge on any atom is -0.363 e. The van der Waals surface area contributed by atoms with Crippen LogP contribution in [0.5, 0.6) is 0 Å². The van der Waals surface area contributed by atoms with E-state index in [1.54, 1.807) is 0 Å². The first-order valence-electron chi connectivity index (χ1n) is 7.85. The molecule has 0 unspecified atom stereocenters. The van der Waals surface area contributed by atoms with Crippen molar-refractivity contribution in [2.45, 2.75) is 31.9 Å². The van der Waals surface area contributed by atoms with Gasteiger partial charge in [-0.3, -0.25) is 4.79 Å². The molecule has 4 nitrogen and oxygen atoms in total. The fourth-order valence-electron chi connectivity index (χ4n) is 2.83. The number of rotatable bonds is 5. The third-order valence-corrected chi connectivity index (χ3v) is 4.29. The van der Waals surface area contributed by atoms with Gasteiger partial charge >= 0.3 is 0 Å². The van der Waals surface area contributed by atoms with Gasteiger partial charge in [0.1, 0.15) is 0 Å². The molecule has 1 aromatic carbocycles.